The van der Waals surface area contributed by atoms with E-state index in [0.717, 1.165) is 32.5 Å². The molecule has 2 fully saturated rings. The molecule has 4 rings (SSSR count). The minimum atomic E-state index is -0.476. The van der Waals surface area contributed by atoms with Gasteiger partial charge >= 0.3 is 0 Å². The van der Waals surface area contributed by atoms with Gasteiger partial charge in [0.2, 0.25) is 0 Å². The number of halogens is 2. The molecule has 28 heavy (non-hydrogen) atoms. The molecule has 2 saturated heterocycles. The molecule has 1 aromatic rings. The normalized spacial score (nSPS) is 32.0. The zero-order valence-corrected chi connectivity index (χ0v) is 17.7. The summed E-state index contributed by atoms with van der Waals surface area (Å²) in [6.45, 7) is 6.21. The molecule has 1 aliphatic carbocycles. The highest BCUT2D eigenvalue weighted by molar-refractivity contribution is 6.34. The number of nitrogens with zero attached hydrogens (tertiary/aromatic N) is 3. The number of anilines is 1. The van der Waals surface area contributed by atoms with Crippen LogP contribution in [0.4, 0.5) is 5.82 Å². The van der Waals surface area contributed by atoms with Crippen molar-refractivity contribution < 1.29 is 4.74 Å². The number of allylic oxidation sites excluding steroid dienone is 4. The van der Waals surface area contributed by atoms with Gasteiger partial charge in [0.1, 0.15) is 11.6 Å². The van der Waals surface area contributed by atoms with Crippen LogP contribution in [0.25, 0.3) is 5.70 Å². The van der Waals surface area contributed by atoms with E-state index in [1.54, 1.807) is 10.6 Å². The fourth-order valence-electron chi connectivity index (χ4n) is 4.52. The van der Waals surface area contributed by atoms with Crippen LogP contribution in [0.1, 0.15) is 25.6 Å². The SMILES string of the molecule is Cc1nc(N2CCC3(CC2)CO[C@@H](C)[C@H]3N)cc(=O)n1C1=CC=C[C@H](Cl)C1Cl. The molecule has 1 unspecified atom stereocenters. The number of ether oxygens (including phenoxy) is 1. The maximum absolute atomic E-state index is 12.9. The summed E-state index contributed by atoms with van der Waals surface area (Å²) in [6.07, 6.45) is 7.44. The van der Waals surface area contributed by atoms with E-state index in [4.69, 9.17) is 38.7 Å². The number of alkyl halides is 2. The maximum Gasteiger partial charge on any atom is 0.259 e. The third-order valence-corrected chi connectivity index (χ3v) is 7.41. The van der Waals surface area contributed by atoms with Gasteiger partial charge in [-0.05, 0) is 32.8 Å². The van der Waals surface area contributed by atoms with Gasteiger partial charge in [-0.25, -0.2) is 4.98 Å². The smallest absolute Gasteiger partial charge is 0.259 e. The first-order valence-electron chi connectivity index (χ1n) is 9.72. The largest absolute Gasteiger partial charge is 0.376 e. The van der Waals surface area contributed by atoms with Gasteiger partial charge in [-0.3, -0.25) is 9.36 Å². The Bertz CT molecular complexity index is 873. The van der Waals surface area contributed by atoms with Gasteiger partial charge in [0.25, 0.3) is 5.56 Å². The van der Waals surface area contributed by atoms with Crippen LogP contribution in [0.3, 0.4) is 0 Å². The van der Waals surface area contributed by atoms with E-state index in [9.17, 15) is 4.79 Å². The number of aryl methyl sites for hydroxylation is 1. The number of rotatable bonds is 2. The van der Waals surface area contributed by atoms with Crippen molar-refractivity contribution in [3.05, 3.63) is 40.5 Å². The lowest BCUT2D eigenvalue weighted by atomic mass is 9.73. The molecule has 0 aromatic carbocycles. The van der Waals surface area contributed by atoms with E-state index in [1.807, 2.05) is 32.1 Å². The predicted octanol–water partition coefficient (Wildman–Crippen LogP) is 2.51. The summed E-state index contributed by atoms with van der Waals surface area (Å²) in [4.78, 5) is 19.8. The first-order valence-corrected chi connectivity index (χ1v) is 10.6. The minimum absolute atomic E-state index is 0.0421. The van der Waals surface area contributed by atoms with Crippen LogP contribution >= 0.6 is 23.2 Å². The zero-order chi connectivity index (χ0) is 20.1. The van der Waals surface area contributed by atoms with Gasteiger partial charge in [-0.2, -0.15) is 0 Å². The van der Waals surface area contributed by atoms with Crippen molar-refractivity contribution in [2.75, 3.05) is 24.6 Å². The van der Waals surface area contributed by atoms with Crippen molar-refractivity contribution >= 4 is 34.7 Å². The molecule has 152 valence electrons. The summed E-state index contributed by atoms with van der Waals surface area (Å²) in [6, 6.07) is 1.65. The van der Waals surface area contributed by atoms with E-state index < -0.39 is 5.38 Å². The fraction of sp³-hybridized carbons (Fsp3) is 0.600. The van der Waals surface area contributed by atoms with Crippen LogP contribution < -0.4 is 16.2 Å². The highest BCUT2D eigenvalue weighted by atomic mass is 35.5. The first-order chi connectivity index (χ1) is 13.3. The quantitative estimate of drug-likeness (QED) is 0.738. The second-order valence-corrected chi connectivity index (χ2v) is 9.02. The summed E-state index contributed by atoms with van der Waals surface area (Å²) in [5.41, 5.74) is 6.96. The van der Waals surface area contributed by atoms with Crippen LogP contribution in [0.5, 0.6) is 0 Å². The summed E-state index contributed by atoms with van der Waals surface area (Å²) in [5.74, 6) is 1.31. The third kappa shape index (κ3) is 3.30. The summed E-state index contributed by atoms with van der Waals surface area (Å²) in [7, 11) is 0. The molecule has 0 amide bonds. The number of hydrogen-bond acceptors (Lipinski definition) is 5. The van der Waals surface area contributed by atoms with E-state index in [0.29, 0.717) is 17.3 Å². The molecule has 0 saturated carbocycles. The Hall–Kier alpha value is -1.34. The molecule has 1 aromatic heterocycles. The van der Waals surface area contributed by atoms with E-state index >= 15 is 0 Å². The number of aromatic nitrogens is 2. The highest BCUT2D eigenvalue weighted by Crippen LogP contribution is 2.41. The maximum atomic E-state index is 12.9. The Balaban J connectivity index is 1.56. The van der Waals surface area contributed by atoms with E-state index in [2.05, 4.69) is 4.90 Å². The van der Waals surface area contributed by atoms with Gasteiger partial charge in [0.05, 0.1) is 23.5 Å². The average molecular weight is 425 g/mol. The number of hydrogen-bond donors (Lipinski definition) is 1. The van der Waals surface area contributed by atoms with Crippen LogP contribution in [-0.4, -0.2) is 52.1 Å². The van der Waals surface area contributed by atoms with Crippen molar-refractivity contribution in [3.63, 3.8) is 0 Å². The molecule has 1 spiro atoms. The summed E-state index contributed by atoms with van der Waals surface area (Å²) >= 11 is 12.6. The van der Waals surface area contributed by atoms with Crippen LogP contribution in [0.15, 0.2) is 29.1 Å². The Morgan fingerprint density at radius 1 is 1.32 bits per heavy atom. The van der Waals surface area contributed by atoms with Crippen molar-refractivity contribution in [3.8, 4) is 0 Å². The molecule has 2 N–H and O–H groups in total. The van der Waals surface area contributed by atoms with Gasteiger partial charge in [0.15, 0.2) is 0 Å². The summed E-state index contributed by atoms with van der Waals surface area (Å²) < 4.78 is 7.34. The molecule has 0 bridgehead atoms. The average Bonchev–Trinajstić information content (AvgIpc) is 2.94. The fourth-order valence-corrected chi connectivity index (χ4v) is 4.99. The lowest BCUT2D eigenvalue weighted by Crippen LogP contribution is -2.51. The molecular formula is C20H26Cl2N4O2. The predicted molar refractivity (Wildman–Crippen MR) is 113 cm³/mol. The monoisotopic (exact) mass is 424 g/mol. The van der Waals surface area contributed by atoms with Crippen molar-refractivity contribution in [2.24, 2.45) is 11.1 Å². The molecule has 0 radical (unpaired) electrons. The van der Waals surface area contributed by atoms with Crippen LogP contribution in [0.2, 0.25) is 0 Å². The zero-order valence-electron chi connectivity index (χ0n) is 16.1. The molecular weight excluding hydrogens is 399 g/mol. The Labute approximate surface area is 175 Å². The highest BCUT2D eigenvalue weighted by Gasteiger charge is 2.47. The molecule has 3 aliphatic rings. The number of nitrogens with two attached hydrogens (primary N) is 1. The van der Waals surface area contributed by atoms with Gasteiger partial charge in [0, 0.05) is 36.3 Å². The Morgan fingerprint density at radius 2 is 2.04 bits per heavy atom. The van der Waals surface area contributed by atoms with Crippen molar-refractivity contribution in [2.45, 2.75) is 49.6 Å². The lowest BCUT2D eigenvalue weighted by molar-refractivity contribution is 0.0974. The van der Waals surface area contributed by atoms with E-state index in [-0.39, 0.29) is 28.5 Å². The van der Waals surface area contributed by atoms with Crippen LogP contribution in [-0.2, 0) is 4.74 Å². The standard InChI is InChI=1S/C20H26Cl2N4O2/c1-12-19(23)20(11-28-12)6-8-25(9-7-20)16-10-17(27)26(13(2)24-16)15-5-3-4-14(21)18(15)22/h3-5,10,12,14,18-19H,6-9,11,23H2,1-2H3/t12-,14-,18?,19+/m0/s1. The molecule has 2 aliphatic heterocycles. The molecule has 8 heteroatoms. The van der Waals surface area contributed by atoms with Crippen molar-refractivity contribution in [1.29, 1.82) is 0 Å². The van der Waals surface area contributed by atoms with Crippen LogP contribution in [0, 0.1) is 12.3 Å². The second-order valence-electron chi connectivity index (χ2n) is 8.05. The topological polar surface area (TPSA) is 73.4 Å². The minimum Gasteiger partial charge on any atom is -0.376 e. The Kier molecular flexibility index (Phi) is 5.33. The molecule has 6 nitrogen and oxygen atoms in total. The lowest BCUT2D eigenvalue weighted by Gasteiger charge is -2.41. The second kappa shape index (κ2) is 7.48. The van der Waals surface area contributed by atoms with Gasteiger partial charge in [-0.1, -0.05) is 12.2 Å². The first kappa shape index (κ1) is 20.0. The Morgan fingerprint density at radius 3 is 2.64 bits per heavy atom. The molecule has 3 heterocycles. The number of piperidine rings is 1. The van der Waals surface area contributed by atoms with Gasteiger partial charge in [-0.15, -0.1) is 23.2 Å². The molecule has 4 atom stereocenters. The van der Waals surface area contributed by atoms with Gasteiger partial charge < -0.3 is 15.4 Å². The van der Waals surface area contributed by atoms with E-state index in [1.165, 1.54) is 0 Å². The summed E-state index contributed by atoms with van der Waals surface area (Å²) in [5, 5.41) is -0.831. The third-order valence-electron chi connectivity index (χ3n) is 6.38. The van der Waals surface area contributed by atoms with Crippen molar-refractivity contribution in [1.82, 2.24) is 9.55 Å².